The summed E-state index contributed by atoms with van der Waals surface area (Å²) in [4.78, 5) is 2.42. The Labute approximate surface area is 120 Å². The zero-order valence-electron chi connectivity index (χ0n) is 11.7. The first-order chi connectivity index (χ1) is 9.56. The summed E-state index contributed by atoms with van der Waals surface area (Å²) in [6.07, 6.45) is 1.86. The van der Waals surface area contributed by atoms with Crippen LogP contribution in [0.25, 0.3) is 0 Å². The molecule has 0 saturated carbocycles. The van der Waals surface area contributed by atoms with Gasteiger partial charge in [-0.15, -0.1) is 0 Å². The fourth-order valence-corrected chi connectivity index (χ4v) is 4.11. The number of likely N-dealkylation sites (N-methyl/N-ethyl adjacent to an activating group) is 1. The standard InChI is InChI=1S/C14H22N2O3S/c1-2-16-9-5-7-13(10-16)15-20(18,19)14-8-4-3-6-12(14)11-17/h3-4,6,8,13,15,17H,2,5,7,9-11H2,1H3. The number of aliphatic hydroxyl groups is 1. The molecule has 5 nitrogen and oxygen atoms in total. The lowest BCUT2D eigenvalue weighted by Gasteiger charge is -2.32. The van der Waals surface area contributed by atoms with Crippen molar-refractivity contribution in [1.29, 1.82) is 0 Å². The molecule has 0 bridgehead atoms. The zero-order valence-corrected chi connectivity index (χ0v) is 12.6. The Morgan fingerprint density at radius 1 is 1.40 bits per heavy atom. The van der Waals surface area contributed by atoms with Gasteiger partial charge in [-0.1, -0.05) is 25.1 Å². The predicted octanol–water partition coefficient (Wildman–Crippen LogP) is 0.941. The molecule has 2 N–H and O–H groups in total. The number of hydrogen-bond acceptors (Lipinski definition) is 4. The van der Waals surface area contributed by atoms with Gasteiger partial charge in [0.15, 0.2) is 0 Å². The number of nitrogens with zero attached hydrogens (tertiary/aromatic N) is 1. The summed E-state index contributed by atoms with van der Waals surface area (Å²) >= 11 is 0. The largest absolute Gasteiger partial charge is 0.392 e. The van der Waals surface area contributed by atoms with Gasteiger partial charge in [-0.2, -0.15) is 0 Å². The van der Waals surface area contributed by atoms with Crippen LogP contribution in [0.2, 0.25) is 0 Å². The molecular weight excluding hydrogens is 276 g/mol. The number of aliphatic hydroxyl groups excluding tert-OH is 1. The summed E-state index contributed by atoms with van der Waals surface area (Å²) < 4.78 is 27.6. The van der Waals surface area contributed by atoms with E-state index in [4.69, 9.17) is 0 Å². The van der Waals surface area contributed by atoms with E-state index in [0.29, 0.717) is 5.56 Å². The van der Waals surface area contributed by atoms with Gasteiger partial charge in [0.1, 0.15) is 0 Å². The van der Waals surface area contributed by atoms with Crippen molar-refractivity contribution in [2.75, 3.05) is 19.6 Å². The van der Waals surface area contributed by atoms with E-state index in [1.54, 1.807) is 18.2 Å². The normalized spacial score (nSPS) is 21.0. The maximum atomic E-state index is 12.4. The lowest BCUT2D eigenvalue weighted by atomic mass is 10.1. The molecule has 0 spiro atoms. The van der Waals surface area contributed by atoms with Crippen LogP contribution in [0.15, 0.2) is 29.2 Å². The lowest BCUT2D eigenvalue weighted by Crippen LogP contribution is -2.47. The molecule has 0 radical (unpaired) electrons. The zero-order chi connectivity index (χ0) is 14.6. The summed E-state index contributed by atoms with van der Waals surface area (Å²) in [5.41, 5.74) is 0.433. The minimum atomic E-state index is -3.57. The molecule has 1 aliphatic rings. The third-order valence-corrected chi connectivity index (χ3v) is 5.33. The van der Waals surface area contributed by atoms with E-state index in [9.17, 15) is 13.5 Å². The first-order valence-electron chi connectivity index (χ1n) is 7.00. The Bertz CT molecular complexity index is 545. The molecule has 0 aliphatic carbocycles. The van der Waals surface area contributed by atoms with Gasteiger partial charge in [0, 0.05) is 12.6 Å². The first-order valence-corrected chi connectivity index (χ1v) is 8.48. The van der Waals surface area contributed by atoms with Crippen molar-refractivity contribution in [2.45, 2.75) is 37.3 Å². The lowest BCUT2D eigenvalue weighted by molar-refractivity contribution is 0.211. The smallest absolute Gasteiger partial charge is 0.241 e. The van der Waals surface area contributed by atoms with E-state index < -0.39 is 10.0 Å². The van der Waals surface area contributed by atoms with E-state index in [-0.39, 0.29) is 17.5 Å². The highest BCUT2D eigenvalue weighted by Crippen LogP contribution is 2.18. The quantitative estimate of drug-likeness (QED) is 0.849. The van der Waals surface area contributed by atoms with Gasteiger partial charge in [0.2, 0.25) is 10.0 Å². The van der Waals surface area contributed by atoms with Crippen LogP contribution in [-0.2, 0) is 16.6 Å². The highest BCUT2D eigenvalue weighted by Gasteiger charge is 2.25. The third-order valence-electron chi connectivity index (χ3n) is 3.71. The highest BCUT2D eigenvalue weighted by atomic mass is 32.2. The number of rotatable bonds is 5. The average Bonchev–Trinajstić information content (AvgIpc) is 2.47. The van der Waals surface area contributed by atoms with Gasteiger partial charge in [0.25, 0.3) is 0 Å². The molecular formula is C14H22N2O3S. The van der Waals surface area contributed by atoms with Gasteiger partial charge >= 0.3 is 0 Å². The fraction of sp³-hybridized carbons (Fsp3) is 0.571. The summed E-state index contributed by atoms with van der Waals surface area (Å²) in [5, 5.41) is 9.27. The summed E-state index contributed by atoms with van der Waals surface area (Å²) in [6, 6.07) is 6.51. The minimum Gasteiger partial charge on any atom is -0.392 e. The third kappa shape index (κ3) is 3.58. The van der Waals surface area contributed by atoms with Crippen LogP contribution < -0.4 is 4.72 Å². The van der Waals surface area contributed by atoms with Crippen LogP contribution in [0.5, 0.6) is 0 Å². The van der Waals surface area contributed by atoms with Crippen molar-refractivity contribution < 1.29 is 13.5 Å². The highest BCUT2D eigenvalue weighted by molar-refractivity contribution is 7.89. The summed E-state index contributed by atoms with van der Waals surface area (Å²) in [5.74, 6) is 0. The van der Waals surface area contributed by atoms with Gasteiger partial charge < -0.3 is 10.0 Å². The van der Waals surface area contributed by atoms with E-state index in [1.165, 1.54) is 6.07 Å². The van der Waals surface area contributed by atoms with E-state index in [1.807, 2.05) is 0 Å². The second-order valence-electron chi connectivity index (χ2n) is 5.12. The van der Waals surface area contributed by atoms with E-state index in [2.05, 4.69) is 16.5 Å². The first kappa shape index (κ1) is 15.4. The van der Waals surface area contributed by atoms with Crippen molar-refractivity contribution in [3.63, 3.8) is 0 Å². The molecule has 1 aliphatic heterocycles. The molecule has 1 saturated heterocycles. The van der Waals surface area contributed by atoms with Crippen molar-refractivity contribution >= 4 is 10.0 Å². The Morgan fingerprint density at radius 2 is 2.15 bits per heavy atom. The SMILES string of the molecule is CCN1CCCC(NS(=O)(=O)c2ccccc2CO)C1. The van der Waals surface area contributed by atoms with Crippen LogP contribution >= 0.6 is 0 Å². The molecule has 1 fully saturated rings. The van der Waals surface area contributed by atoms with Crippen LogP contribution in [0.4, 0.5) is 0 Å². The second kappa shape index (κ2) is 6.67. The Hall–Kier alpha value is -0.950. The Morgan fingerprint density at radius 3 is 2.85 bits per heavy atom. The second-order valence-corrected chi connectivity index (χ2v) is 6.80. The van der Waals surface area contributed by atoms with Gasteiger partial charge in [-0.25, -0.2) is 13.1 Å². The number of sulfonamides is 1. The van der Waals surface area contributed by atoms with Crippen LogP contribution in [0, 0.1) is 0 Å². The van der Waals surface area contributed by atoms with Gasteiger partial charge in [-0.05, 0) is 37.6 Å². The maximum Gasteiger partial charge on any atom is 0.241 e. The number of hydrogen-bond donors (Lipinski definition) is 2. The number of benzene rings is 1. The molecule has 112 valence electrons. The summed E-state index contributed by atoms with van der Waals surface area (Å²) in [7, 11) is -3.57. The summed E-state index contributed by atoms with van der Waals surface area (Å²) in [6.45, 7) is 4.52. The van der Waals surface area contributed by atoms with Crippen molar-refractivity contribution in [1.82, 2.24) is 9.62 Å². The number of piperidine rings is 1. The Kier molecular flexibility index (Phi) is 5.15. The molecule has 2 rings (SSSR count). The topological polar surface area (TPSA) is 69.6 Å². The van der Waals surface area contributed by atoms with Crippen molar-refractivity contribution in [2.24, 2.45) is 0 Å². The number of nitrogens with one attached hydrogen (secondary N) is 1. The van der Waals surface area contributed by atoms with E-state index in [0.717, 1.165) is 32.5 Å². The van der Waals surface area contributed by atoms with E-state index >= 15 is 0 Å². The molecule has 1 heterocycles. The molecule has 20 heavy (non-hydrogen) atoms. The monoisotopic (exact) mass is 298 g/mol. The predicted molar refractivity (Wildman–Crippen MR) is 77.8 cm³/mol. The maximum absolute atomic E-state index is 12.4. The van der Waals surface area contributed by atoms with Crippen molar-refractivity contribution in [3.8, 4) is 0 Å². The average molecular weight is 298 g/mol. The van der Waals surface area contributed by atoms with Gasteiger partial charge in [0.05, 0.1) is 11.5 Å². The molecule has 6 heteroatoms. The van der Waals surface area contributed by atoms with Crippen LogP contribution in [0.3, 0.4) is 0 Å². The molecule has 1 atom stereocenters. The number of likely N-dealkylation sites (tertiary alicyclic amines) is 1. The molecule has 1 unspecified atom stereocenters. The molecule has 0 aromatic heterocycles. The Balaban J connectivity index is 2.14. The minimum absolute atomic E-state index is 0.0551. The van der Waals surface area contributed by atoms with Crippen LogP contribution in [-0.4, -0.2) is 44.1 Å². The van der Waals surface area contributed by atoms with Gasteiger partial charge in [-0.3, -0.25) is 0 Å². The van der Waals surface area contributed by atoms with Crippen molar-refractivity contribution in [3.05, 3.63) is 29.8 Å². The fourth-order valence-electron chi connectivity index (χ4n) is 2.62. The molecule has 0 amide bonds. The molecule has 1 aromatic rings. The molecule has 1 aromatic carbocycles. The van der Waals surface area contributed by atoms with Crippen LogP contribution in [0.1, 0.15) is 25.3 Å².